The van der Waals surface area contributed by atoms with Crippen LogP contribution in [0.3, 0.4) is 0 Å². The van der Waals surface area contributed by atoms with Gasteiger partial charge in [0.15, 0.2) is 0 Å². The van der Waals surface area contributed by atoms with Gasteiger partial charge in [-0.25, -0.2) is 0 Å². The van der Waals surface area contributed by atoms with E-state index >= 15 is 0 Å². The Bertz CT molecular complexity index is 612. The van der Waals surface area contributed by atoms with Crippen LogP contribution in [0.5, 0.6) is 0 Å². The molecule has 3 nitrogen and oxygen atoms in total. The molecule has 0 aliphatic heterocycles. The zero-order valence-electron chi connectivity index (χ0n) is 13.0. The lowest BCUT2D eigenvalue weighted by atomic mass is 10.0. The Morgan fingerprint density at radius 2 is 1.48 bits per heavy atom. The summed E-state index contributed by atoms with van der Waals surface area (Å²) >= 11 is 0. The number of amides is 1. The topological polar surface area (TPSA) is 41.1 Å². The molecule has 1 unspecified atom stereocenters. The van der Waals surface area contributed by atoms with Crippen molar-refractivity contribution >= 4 is 17.3 Å². The van der Waals surface area contributed by atoms with Crippen LogP contribution >= 0.6 is 0 Å². The smallest absolute Gasteiger partial charge is 0.221 e. The Morgan fingerprint density at radius 1 is 0.952 bits per heavy atom. The number of anilines is 2. The van der Waals surface area contributed by atoms with Crippen molar-refractivity contribution in [3.8, 4) is 0 Å². The highest BCUT2D eigenvalue weighted by molar-refractivity contribution is 5.88. The highest BCUT2D eigenvalue weighted by Gasteiger charge is 2.06. The Balaban J connectivity index is 2.08. The third kappa shape index (κ3) is 4.35. The van der Waals surface area contributed by atoms with Gasteiger partial charge in [-0.15, -0.1) is 0 Å². The van der Waals surface area contributed by atoms with Gasteiger partial charge in [0.25, 0.3) is 0 Å². The lowest BCUT2D eigenvalue weighted by Gasteiger charge is -2.17. The SMILES string of the molecule is CC(=O)Nc1ccc(NC(C)c2cc(C)cc(C)c2)cc1. The van der Waals surface area contributed by atoms with Crippen LogP contribution in [-0.2, 0) is 4.79 Å². The van der Waals surface area contributed by atoms with Crippen molar-refractivity contribution in [1.82, 2.24) is 0 Å². The number of nitrogens with one attached hydrogen (secondary N) is 2. The van der Waals surface area contributed by atoms with E-state index in [2.05, 4.69) is 49.6 Å². The molecule has 0 bridgehead atoms. The van der Waals surface area contributed by atoms with E-state index in [0.29, 0.717) is 0 Å². The van der Waals surface area contributed by atoms with Gasteiger partial charge in [-0.2, -0.15) is 0 Å². The molecule has 0 heterocycles. The molecule has 0 spiro atoms. The molecular weight excluding hydrogens is 260 g/mol. The number of carbonyl (C=O) groups is 1. The molecule has 21 heavy (non-hydrogen) atoms. The largest absolute Gasteiger partial charge is 0.379 e. The van der Waals surface area contributed by atoms with Crippen molar-refractivity contribution in [2.75, 3.05) is 10.6 Å². The third-order valence-electron chi connectivity index (χ3n) is 3.33. The fraction of sp³-hybridized carbons (Fsp3) is 0.278. The van der Waals surface area contributed by atoms with Gasteiger partial charge >= 0.3 is 0 Å². The normalized spacial score (nSPS) is 11.8. The first-order valence-electron chi connectivity index (χ1n) is 7.16. The average Bonchev–Trinajstić information content (AvgIpc) is 2.39. The molecule has 1 amide bonds. The van der Waals surface area contributed by atoms with Crippen LogP contribution in [0, 0.1) is 13.8 Å². The van der Waals surface area contributed by atoms with Gasteiger partial charge in [0.2, 0.25) is 5.91 Å². The van der Waals surface area contributed by atoms with Gasteiger partial charge in [0.1, 0.15) is 0 Å². The molecule has 2 N–H and O–H groups in total. The van der Waals surface area contributed by atoms with Crippen LogP contribution < -0.4 is 10.6 Å². The maximum absolute atomic E-state index is 11.0. The van der Waals surface area contributed by atoms with E-state index in [1.807, 2.05) is 24.3 Å². The van der Waals surface area contributed by atoms with Crippen molar-refractivity contribution in [3.05, 3.63) is 59.2 Å². The molecular formula is C18H22N2O. The summed E-state index contributed by atoms with van der Waals surface area (Å²) in [6.45, 7) is 7.89. The van der Waals surface area contributed by atoms with Gasteiger partial charge in [-0.05, 0) is 50.6 Å². The van der Waals surface area contributed by atoms with E-state index in [1.54, 1.807) is 0 Å². The predicted molar refractivity (Wildman–Crippen MR) is 88.7 cm³/mol. The number of hydrogen-bond acceptors (Lipinski definition) is 2. The Kier molecular flexibility index (Phi) is 4.63. The Labute approximate surface area is 126 Å². The van der Waals surface area contributed by atoms with Crippen molar-refractivity contribution in [1.29, 1.82) is 0 Å². The van der Waals surface area contributed by atoms with Crippen LogP contribution in [0.4, 0.5) is 11.4 Å². The number of carbonyl (C=O) groups excluding carboxylic acids is 1. The van der Waals surface area contributed by atoms with E-state index < -0.39 is 0 Å². The second-order valence-electron chi connectivity index (χ2n) is 5.55. The molecule has 3 heteroatoms. The van der Waals surface area contributed by atoms with Crippen LogP contribution in [-0.4, -0.2) is 5.91 Å². The van der Waals surface area contributed by atoms with E-state index in [1.165, 1.54) is 23.6 Å². The minimum atomic E-state index is -0.0562. The number of hydrogen-bond donors (Lipinski definition) is 2. The highest BCUT2D eigenvalue weighted by atomic mass is 16.1. The third-order valence-corrected chi connectivity index (χ3v) is 3.33. The fourth-order valence-electron chi connectivity index (χ4n) is 2.45. The minimum absolute atomic E-state index is 0.0562. The maximum atomic E-state index is 11.0. The summed E-state index contributed by atoms with van der Waals surface area (Å²) in [5.41, 5.74) is 5.68. The van der Waals surface area contributed by atoms with Crippen molar-refractivity contribution < 1.29 is 4.79 Å². The summed E-state index contributed by atoms with van der Waals surface area (Å²) < 4.78 is 0. The summed E-state index contributed by atoms with van der Waals surface area (Å²) in [5.74, 6) is -0.0562. The van der Waals surface area contributed by atoms with E-state index in [9.17, 15) is 4.79 Å². The molecule has 0 aromatic heterocycles. The van der Waals surface area contributed by atoms with Crippen molar-refractivity contribution in [3.63, 3.8) is 0 Å². The average molecular weight is 282 g/mol. The summed E-state index contributed by atoms with van der Waals surface area (Å²) in [6, 6.07) is 14.6. The van der Waals surface area contributed by atoms with Crippen LogP contribution in [0.25, 0.3) is 0 Å². The molecule has 2 aromatic carbocycles. The summed E-state index contributed by atoms with van der Waals surface area (Å²) in [7, 11) is 0. The summed E-state index contributed by atoms with van der Waals surface area (Å²) in [4.78, 5) is 11.0. The first-order valence-corrected chi connectivity index (χ1v) is 7.16. The first-order chi connectivity index (χ1) is 9.94. The number of aryl methyl sites for hydroxylation is 2. The van der Waals surface area contributed by atoms with Gasteiger partial charge in [0, 0.05) is 24.3 Å². The lowest BCUT2D eigenvalue weighted by molar-refractivity contribution is -0.114. The Morgan fingerprint density at radius 3 is 2.00 bits per heavy atom. The molecule has 0 saturated carbocycles. The standard InChI is InChI=1S/C18H22N2O/c1-12-9-13(2)11-16(10-12)14(3)19-17-5-7-18(8-6-17)20-15(4)21/h5-11,14,19H,1-4H3,(H,20,21). The van der Waals surface area contributed by atoms with Crippen LogP contribution in [0.1, 0.15) is 36.6 Å². The number of rotatable bonds is 4. The van der Waals surface area contributed by atoms with Crippen molar-refractivity contribution in [2.24, 2.45) is 0 Å². The van der Waals surface area contributed by atoms with E-state index in [4.69, 9.17) is 0 Å². The predicted octanol–water partition coefficient (Wildman–Crippen LogP) is 4.43. The van der Waals surface area contributed by atoms with Crippen LogP contribution in [0.15, 0.2) is 42.5 Å². The second kappa shape index (κ2) is 6.44. The quantitative estimate of drug-likeness (QED) is 0.870. The van der Waals surface area contributed by atoms with E-state index in [-0.39, 0.29) is 11.9 Å². The minimum Gasteiger partial charge on any atom is -0.379 e. The molecule has 110 valence electrons. The fourth-order valence-corrected chi connectivity index (χ4v) is 2.45. The van der Waals surface area contributed by atoms with Gasteiger partial charge in [-0.1, -0.05) is 29.3 Å². The van der Waals surface area contributed by atoms with Gasteiger partial charge < -0.3 is 10.6 Å². The second-order valence-corrected chi connectivity index (χ2v) is 5.55. The number of benzene rings is 2. The lowest BCUT2D eigenvalue weighted by Crippen LogP contribution is -2.08. The molecule has 0 aliphatic rings. The maximum Gasteiger partial charge on any atom is 0.221 e. The zero-order valence-corrected chi connectivity index (χ0v) is 13.0. The monoisotopic (exact) mass is 282 g/mol. The molecule has 0 aliphatic carbocycles. The molecule has 2 aromatic rings. The highest BCUT2D eigenvalue weighted by Crippen LogP contribution is 2.22. The van der Waals surface area contributed by atoms with Gasteiger partial charge in [-0.3, -0.25) is 4.79 Å². The summed E-state index contributed by atoms with van der Waals surface area (Å²) in [5, 5.41) is 6.25. The Hall–Kier alpha value is -2.29. The molecule has 0 saturated heterocycles. The zero-order chi connectivity index (χ0) is 15.4. The van der Waals surface area contributed by atoms with Gasteiger partial charge in [0.05, 0.1) is 0 Å². The molecule has 0 fully saturated rings. The first kappa shape index (κ1) is 15.1. The molecule has 0 radical (unpaired) electrons. The van der Waals surface area contributed by atoms with E-state index in [0.717, 1.165) is 11.4 Å². The molecule has 2 rings (SSSR count). The van der Waals surface area contributed by atoms with Crippen LogP contribution in [0.2, 0.25) is 0 Å². The molecule has 1 atom stereocenters. The summed E-state index contributed by atoms with van der Waals surface area (Å²) in [6.07, 6.45) is 0. The van der Waals surface area contributed by atoms with Crippen molar-refractivity contribution in [2.45, 2.75) is 33.7 Å².